The summed E-state index contributed by atoms with van der Waals surface area (Å²) >= 11 is 4.90. The van der Waals surface area contributed by atoms with Crippen molar-refractivity contribution < 1.29 is 9.53 Å². The van der Waals surface area contributed by atoms with Crippen LogP contribution >= 0.6 is 12.2 Å². The predicted molar refractivity (Wildman–Crippen MR) is 77.6 cm³/mol. The molecule has 0 aromatic rings. The predicted octanol–water partition coefficient (Wildman–Crippen LogP) is 0.526. The molecule has 106 valence electrons. The topological polar surface area (TPSA) is 67.6 Å². The van der Waals surface area contributed by atoms with Gasteiger partial charge in [0.05, 0.1) is 11.0 Å². The summed E-state index contributed by atoms with van der Waals surface area (Å²) in [5.74, 6) is 0.0100. The Kier molecular flexibility index (Phi) is 9.82. The number of amides is 1. The van der Waals surface area contributed by atoms with Crippen LogP contribution in [0, 0.1) is 0 Å². The zero-order chi connectivity index (χ0) is 14.0. The third kappa shape index (κ3) is 7.58. The van der Waals surface area contributed by atoms with Crippen molar-refractivity contribution >= 4 is 23.1 Å². The Balaban J connectivity index is 4.15. The zero-order valence-electron chi connectivity index (χ0n) is 11.6. The number of thiocarbonyl (C=S) groups is 1. The Labute approximate surface area is 115 Å². The number of nitrogens with one attached hydrogen (secondary N) is 1. The fraction of sp³-hybridized carbons (Fsp3) is 0.833. The highest BCUT2D eigenvalue weighted by molar-refractivity contribution is 7.80. The van der Waals surface area contributed by atoms with Crippen molar-refractivity contribution in [1.29, 1.82) is 0 Å². The standard InChI is InChI=1S/C12H25N3O2S/c1-4-7-15(9-11(13)18)10(2)12(16)14-6-5-8-17-3/h10H,4-9H2,1-3H3,(H2,13,18)(H,14,16). The van der Waals surface area contributed by atoms with Gasteiger partial charge in [0, 0.05) is 26.8 Å². The van der Waals surface area contributed by atoms with Gasteiger partial charge in [0.1, 0.15) is 0 Å². The van der Waals surface area contributed by atoms with Gasteiger partial charge in [-0.25, -0.2) is 0 Å². The molecule has 0 radical (unpaired) electrons. The number of ether oxygens (including phenoxy) is 1. The number of nitrogens with two attached hydrogens (primary N) is 1. The summed E-state index contributed by atoms with van der Waals surface area (Å²) in [5.41, 5.74) is 5.54. The third-order valence-electron chi connectivity index (χ3n) is 2.62. The quantitative estimate of drug-likeness (QED) is 0.449. The number of carbonyl (C=O) groups excluding carboxylic acids is 1. The molecule has 0 saturated heterocycles. The summed E-state index contributed by atoms with van der Waals surface area (Å²) in [6.07, 6.45) is 1.78. The normalized spacial score (nSPS) is 12.4. The third-order valence-corrected chi connectivity index (χ3v) is 2.75. The summed E-state index contributed by atoms with van der Waals surface area (Å²) in [6.45, 7) is 6.51. The van der Waals surface area contributed by atoms with Crippen molar-refractivity contribution in [1.82, 2.24) is 10.2 Å². The number of hydrogen-bond acceptors (Lipinski definition) is 4. The molecule has 5 nitrogen and oxygen atoms in total. The molecule has 0 rings (SSSR count). The zero-order valence-corrected chi connectivity index (χ0v) is 12.4. The fourth-order valence-corrected chi connectivity index (χ4v) is 1.80. The number of carbonyl (C=O) groups is 1. The molecule has 0 aliphatic rings. The van der Waals surface area contributed by atoms with Gasteiger partial charge in [-0.05, 0) is 26.3 Å². The molecule has 0 aliphatic carbocycles. The van der Waals surface area contributed by atoms with Crippen molar-refractivity contribution in [2.45, 2.75) is 32.7 Å². The van der Waals surface area contributed by atoms with E-state index in [2.05, 4.69) is 12.2 Å². The lowest BCUT2D eigenvalue weighted by molar-refractivity contribution is -0.125. The highest BCUT2D eigenvalue weighted by atomic mass is 32.1. The summed E-state index contributed by atoms with van der Waals surface area (Å²) in [7, 11) is 1.65. The molecule has 0 saturated carbocycles. The van der Waals surface area contributed by atoms with Crippen molar-refractivity contribution in [2.24, 2.45) is 5.73 Å². The molecule has 1 unspecified atom stereocenters. The smallest absolute Gasteiger partial charge is 0.237 e. The van der Waals surface area contributed by atoms with E-state index in [1.54, 1.807) is 7.11 Å². The van der Waals surface area contributed by atoms with Gasteiger partial charge in [0.25, 0.3) is 0 Å². The molecule has 0 heterocycles. The van der Waals surface area contributed by atoms with E-state index in [4.69, 9.17) is 22.7 Å². The molecule has 1 atom stereocenters. The van der Waals surface area contributed by atoms with Crippen LogP contribution in [0.5, 0.6) is 0 Å². The Morgan fingerprint density at radius 1 is 1.56 bits per heavy atom. The summed E-state index contributed by atoms with van der Waals surface area (Å²) in [4.78, 5) is 14.3. The van der Waals surface area contributed by atoms with E-state index in [1.807, 2.05) is 11.8 Å². The maximum Gasteiger partial charge on any atom is 0.237 e. The van der Waals surface area contributed by atoms with Crippen LogP contribution in [-0.2, 0) is 9.53 Å². The lowest BCUT2D eigenvalue weighted by Gasteiger charge is -2.27. The first-order chi connectivity index (χ1) is 8.52. The Morgan fingerprint density at radius 2 is 2.22 bits per heavy atom. The molecular formula is C12H25N3O2S. The van der Waals surface area contributed by atoms with E-state index in [1.165, 1.54) is 0 Å². The minimum Gasteiger partial charge on any atom is -0.392 e. The minimum absolute atomic E-state index is 0.0100. The minimum atomic E-state index is -0.214. The van der Waals surface area contributed by atoms with Gasteiger partial charge in [0.2, 0.25) is 5.91 Å². The average Bonchev–Trinajstić information content (AvgIpc) is 2.32. The summed E-state index contributed by atoms with van der Waals surface area (Å²) in [5, 5.41) is 2.88. The van der Waals surface area contributed by atoms with E-state index in [-0.39, 0.29) is 11.9 Å². The van der Waals surface area contributed by atoms with E-state index >= 15 is 0 Å². The highest BCUT2D eigenvalue weighted by Crippen LogP contribution is 2.01. The first-order valence-corrected chi connectivity index (χ1v) is 6.72. The van der Waals surface area contributed by atoms with Gasteiger partial charge in [-0.15, -0.1) is 0 Å². The van der Waals surface area contributed by atoms with Crippen LogP contribution in [0.4, 0.5) is 0 Å². The average molecular weight is 275 g/mol. The van der Waals surface area contributed by atoms with Crippen LogP contribution < -0.4 is 11.1 Å². The molecule has 0 aromatic carbocycles. The van der Waals surface area contributed by atoms with Crippen molar-refractivity contribution in [3.05, 3.63) is 0 Å². The first kappa shape index (κ1) is 17.3. The monoisotopic (exact) mass is 275 g/mol. The molecule has 0 spiro atoms. The van der Waals surface area contributed by atoms with Gasteiger partial charge in [-0.3, -0.25) is 9.69 Å². The maximum absolute atomic E-state index is 11.9. The number of methoxy groups -OCH3 is 1. The number of hydrogen-bond donors (Lipinski definition) is 2. The lowest BCUT2D eigenvalue weighted by atomic mass is 10.2. The molecular weight excluding hydrogens is 250 g/mol. The van der Waals surface area contributed by atoms with Crippen LogP contribution in [0.25, 0.3) is 0 Å². The van der Waals surface area contributed by atoms with Crippen LogP contribution in [-0.4, -0.2) is 55.2 Å². The molecule has 0 bridgehead atoms. The van der Waals surface area contributed by atoms with Crippen molar-refractivity contribution in [2.75, 3.05) is 33.4 Å². The number of rotatable bonds is 10. The maximum atomic E-state index is 11.9. The Hall–Kier alpha value is -0.720. The first-order valence-electron chi connectivity index (χ1n) is 6.31. The Morgan fingerprint density at radius 3 is 2.72 bits per heavy atom. The number of nitrogens with zero attached hydrogens (tertiary/aromatic N) is 1. The second kappa shape index (κ2) is 10.2. The van der Waals surface area contributed by atoms with Gasteiger partial charge < -0.3 is 15.8 Å². The molecule has 1 amide bonds. The van der Waals surface area contributed by atoms with Crippen LogP contribution in [0.1, 0.15) is 26.7 Å². The second-order valence-electron chi connectivity index (χ2n) is 4.25. The Bertz CT molecular complexity index is 262. The lowest BCUT2D eigenvalue weighted by Crippen LogP contribution is -2.48. The van der Waals surface area contributed by atoms with Crippen LogP contribution in [0.15, 0.2) is 0 Å². The fourth-order valence-electron chi connectivity index (χ4n) is 1.64. The SMILES string of the molecule is CCCN(CC(N)=S)C(C)C(=O)NCCCOC. The van der Waals surface area contributed by atoms with E-state index < -0.39 is 0 Å². The molecule has 3 N–H and O–H groups in total. The molecule has 6 heteroatoms. The largest absolute Gasteiger partial charge is 0.392 e. The highest BCUT2D eigenvalue weighted by Gasteiger charge is 2.20. The van der Waals surface area contributed by atoms with Crippen LogP contribution in [0.2, 0.25) is 0 Å². The molecule has 0 aromatic heterocycles. The van der Waals surface area contributed by atoms with E-state index in [0.29, 0.717) is 24.7 Å². The molecule has 18 heavy (non-hydrogen) atoms. The molecule has 0 aliphatic heterocycles. The van der Waals surface area contributed by atoms with Gasteiger partial charge >= 0.3 is 0 Å². The van der Waals surface area contributed by atoms with Gasteiger partial charge in [0.15, 0.2) is 0 Å². The van der Waals surface area contributed by atoms with E-state index in [9.17, 15) is 4.79 Å². The van der Waals surface area contributed by atoms with Crippen molar-refractivity contribution in [3.8, 4) is 0 Å². The summed E-state index contributed by atoms with van der Waals surface area (Å²) in [6, 6.07) is -0.214. The summed E-state index contributed by atoms with van der Waals surface area (Å²) < 4.78 is 4.93. The van der Waals surface area contributed by atoms with Gasteiger partial charge in [-0.2, -0.15) is 0 Å². The van der Waals surface area contributed by atoms with Crippen LogP contribution in [0.3, 0.4) is 0 Å². The van der Waals surface area contributed by atoms with Crippen molar-refractivity contribution in [3.63, 3.8) is 0 Å². The second-order valence-corrected chi connectivity index (χ2v) is 4.77. The van der Waals surface area contributed by atoms with Gasteiger partial charge in [-0.1, -0.05) is 19.1 Å². The molecule has 0 fully saturated rings. The van der Waals surface area contributed by atoms with E-state index in [0.717, 1.165) is 19.4 Å².